The Morgan fingerprint density at radius 1 is 0.558 bits per heavy atom. The van der Waals surface area contributed by atoms with E-state index in [0.717, 1.165) is 12.8 Å². The van der Waals surface area contributed by atoms with Crippen LogP contribution in [0.15, 0.2) is 0 Å². The lowest BCUT2D eigenvalue weighted by molar-refractivity contribution is -0.338. The second-order valence-electron chi connectivity index (χ2n) is 26.3. The van der Waals surface area contributed by atoms with Crippen molar-refractivity contribution >= 4 is 0 Å². The number of aliphatic hydroxyl groups is 16. The molecule has 16 N–H and O–H groups in total. The Kier molecular flexibility index (Phi) is 17.2. The van der Waals surface area contributed by atoms with Gasteiger partial charge in [-0.1, -0.05) is 34.6 Å². The monoisotopic (exact) mass is 1110 g/mol. The van der Waals surface area contributed by atoms with Crippen molar-refractivity contribution in [1.29, 1.82) is 0 Å². The van der Waals surface area contributed by atoms with E-state index in [1.54, 1.807) is 13.8 Å². The molecule has 9 fully saturated rings. The minimum Gasteiger partial charge on any atom is -0.394 e. The highest BCUT2D eigenvalue weighted by molar-refractivity contribution is 5.33. The first-order valence-electron chi connectivity index (χ1n) is 27.9. The predicted molar refractivity (Wildman–Crippen MR) is 261 cm³/mol. The Balaban J connectivity index is 1.04. The molecule has 24 heteroatoms. The average molecular weight is 1110 g/mol. The lowest BCUT2D eigenvalue weighted by Crippen LogP contribution is -2.65. The highest BCUT2D eigenvalue weighted by Crippen LogP contribution is 2.89. The van der Waals surface area contributed by atoms with Gasteiger partial charge in [-0.3, -0.25) is 0 Å². The lowest BCUT2D eigenvalue weighted by Gasteiger charge is -2.65. The molecule has 5 aliphatic carbocycles. The van der Waals surface area contributed by atoms with E-state index in [2.05, 4.69) is 27.7 Å². The molecule has 2 spiro atoms. The average Bonchev–Trinajstić information content (AvgIpc) is 3.51. The SMILES string of the molecule is C[C@H](CC[C@@H](O)C(C)(C)O[C@@H]1O[C@H](CO)[C@@H](O)[C@H](O)[C@H]1O)[C@H]1[C@@H](O[C@@H]2O[C@H](CO)[C@@H](O)[C@H](O)[C@H]2O)C[C@@]2(C)[C@@H]3C[C@H](O[C@@H]4O[C@H](CO)[C@@H](O)[C@H](O)[C@H]4O)[C@H]4C(C)(C)[C@@H](O[C@@H]5OC[C@@H](O)[C@H](O)[C@H]5O)CC[C@@]45C[C@@]35CC[C@]12C. The molecular weight excluding hydrogens is 1020 g/mol. The van der Waals surface area contributed by atoms with Gasteiger partial charge in [0, 0.05) is 0 Å². The van der Waals surface area contributed by atoms with Crippen LogP contribution in [0.4, 0.5) is 0 Å². The van der Waals surface area contributed by atoms with Crippen molar-refractivity contribution in [2.75, 3.05) is 26.4 Å². The zero-order valence-electron chi connectivity index (χ0n) is 45.2. The molecule has 9 rings (SSSR count). The Morgan fingerprint density at radius 3 is 1.61 bits per heavy atom. The van der Waals surface area contributed by atoms with Gasteiger partial charge in [0.05, 0.1) is 56.4 Å². The molecular formula is C53H90O24. The van der Waals surface area contributed by atoms with Crippen LogP contribution in [0.5, 0.6) is 0 Å². The first kappa shape index (κ1) is 60.6. The van der Waals surface area contributed by atoms with Gasteiger partial charge in [0.2, 0.25) is 0 Å². The quantitative estimate of drug-likeness (QED) is 0.0659. The molecule has 31 atom stereocenters. The zero-order valence-corrected chi connectivity index (χ0v) is 45.2. The molecule has 0 aromatic carbocycles. The molecule has 4 heterocycles. The Labute approximate surface area is 448 Å². The molecule has 24 nitrogen and oxygen atoms in total. The van der Waals surface area contributed by atoms with E-state index in [9.17, 15) is 81.7 Å². The van der Waals surface area contributed by atoms with Gasteiger partial charge in [-0.15, -0.1) is 0 Å². The van der Waals surface area contributed by atoms with Crippen molar-refractivity contribution < 1.29 is 120 Å². The summed E-state index contributed by atoms with van der Waals surface area (Å²) in [7, 11) is 0. The summed E-state index contributed by atoms with van der Waals surface area (Å²) < 4.78 is 50.0. The van der Waals surface area contributed by atoms with Crippen LogP contribution >= 0.6 is 0 Å². The Morgan fingerprint density at radius 2 is 1.06 bits per heavy atom. The number of ether oxygens (including phenoxy) is 8. The molecule has 0 unspecified atom stereocenters. The normalized spacial score (nSPS) is 54.4. The van der Waals surface area contributed by atoms with E-state index in [1.807, 2.05) is 6.92 Å². The molecule has 9 aliphatic rings. The maximum Gasteiger partial charge on any atom is 0.187 e. The minimum atomic E-state index is -1.72. The van der Waals surface area contributed by atoms with E-state index in [-0.39, 0.29) is 42.1 Å². The van der Waals surface area contributed by atoms with Crippen LogP contribution in [-0.4, -0.2) is 255 Å². The largest absolute Gasteiger partial charge is 0.394 e. The van der Waals surface area contributed by atoms with Crippen LogP contribution in [0.1, 0.15) is 106 Å². The van der Waals surface area contributed by atoms with Gasteiger partial charge in [-0.25, -0.2) is 0 Å². The summed E-state index contributed by atoms with van der Waals surface area (Å²) in [6.07, 6.45) is -27.4. The third kappa shape index (κ3) is 9.81. The molecule has 0 aromatic rings. The molecule has 4 saturated heterocycles. The van der Waals surface area contributed by atoms with Crippen molar-refractivity contribution in [3.63, 3.8) is 0 Å². The van der Waals surface area contributed by atoms with Crippen LogP contribution in [0.2, 0.25) is 0 Å². The first-order chi connectivity index (χ1) is 36.0. The number of fused-ring (bicyclic) bond motifs is 2. The molecule has 0 bridgehead atoms. The van der Waals surface area contributed by atoms with Crippen molar-refractivity contribution in [1.82, 2.24) is 0 Å². The van der Waals surface area contributed by atoms with Crippen LogP contribution in [0.3, 0.4) is 0 Å². The van der Waals surface area contributed by atoms with Crippen molar-refractivity contribution in [3.8, 4) is 0 Å². The van der Waals surface area contributed by atoms with Gasteiger partial charge in [0.15, 0.2) is 25.2 Å². The number of aliphatic hydroxyl groups excluding tert-OH is 16. The summed E-state index contributed by atoms with van der Waals surface area (Å²) in [6, 6.07) is 0. The summed E-state index contributed by atoms with van der Waals surface area (Å²) in [5, 5.41) is 172. The number of rotatable bonds is 16. The van der Waals surface area contributed by atoms with Crippen LogP contribution in [-0.2, 0) is 37.9 Å². The topological polar surface area (TPSA) is 398 Å². The smallest absolute Gasteiger partial charge is 0.187 e. The molecule has 77 heavy (non-hydrogen) atoms. The van der Waals surface area contributed by atoms with E-state index >= 15 is 0 Å². The standard InChI is InChI=1S/C53H90O24/c1-21(8-9-29(58)49(4,5)77-47-42(69)38(65)35(62)27(18-56)75-47)31-24(72-46-41(68)37(64)34(61)26(17-55)74-46)15-51(7)28-14-23(71-45-40(67)36(63)33(60)25(16-54)73-45)43-48(2,3)30(76-44-39(66)32(59)22(57)19-70-44)10-11-53(43)20-52(28,53)13-12-50(31,51)6/h21-47,54-69H,8-20H2,1-7H3/t21-,22-,23+,24+,25-,26-,27-,28+,29-,30+,31+,32+,33-,34-,35-,36+,37+,38+,39-,40-,41-,42-,43+,44+,45-,46-,47+,50-,51+,52+,53-/m1/s1. The fourth-order valence-electron chi connectivity index (χ4n) is 17.2. The van der Waals surface area contributed by atoms with Crippen LogP contribution < -0.4 is 0 Å². The minimum absolute atomic E-state index is 0.136. The van der Waals surface area contributed by atoms with E-state index < -0.39 is 188 Å². The third-order valence-corrected chi connectivity index (χ3v) is 21.7. The van der Waals surface area contributed by atoms with E-state index in [1.165, 1.54) is 0 Å². The van der Waals surface area contributed by atoms with Crippen molar-refractivity contribution in [2.45, 2.75) is 253 Å². The first-order valence-corrected chi connectivity index (χ1v) is 27.9. The highest BCUT2D eigenvalue weighted by Gasteiger charge is 2.85. The molecule has 446 valence electrons. The van der Waals surface area contributed by atoms with Gasteiger partial charge >= 0.3 is 0 Å². The second-order valence-corrected chi connectivity index (χ2v) is 26.3. The van der Waals surface area contributed by atoms with Gasteiger partial charge in [0.25, 0.3) is 0 Å². The Hall–Kier alpha value is -0.960. The molecule has 0 amide bonds. The molecule has 0 radical (unpaired) electrons. The fourth-order valence-corrected chi connectivity index (χ4v) is 17.2. The molecule has 4 aliphatic heterocycles. The second kappa shape index (κ2) is 21.9. The van der Waals surface area contributed by atoms with E-state index in [4.69, 9.17) is 37.9 Å². The third-order valence-electron chi connectivity index (χ3n) is 21.7. The zero-order chi connectivity index (χ0) is 56.4. The summed E-state index contributed by atoms with van der Waals surface area (Å²) in [4.78, 5) is 0. The summed E-state index contributed by atoms with van der Waals surface area (Å²) >= 11 is 0. The number of hydrogen-bond donors (Lipinski definition) is 16. The summed E-state index contributed by atoms with van der Waals surface area (Å²) in [5.41, 5.74) is -4.05. The van der Waals surface area contributed by atoms with Gasteiger partial charge in [0.1, 0.15) is 91.6 Å². The van der Waals surface area contributed by atoms with Gasteiger partial charge in [-0.2, -0.15) is 0 Å². The Bertz CT molecular complexity index is 2020. The highest BCUT2D eigenvalue weighted by atomic mass is 16.7. The maximum absolute atomic E-state index is 11.9. The van der Waals surface area contributed by atoms with Gasteiger partial charge in [-0.05, 0) is 122 Å². The molecule has 0 aromatic heterocycles. The van der Waals surface area contributed by atoms with Crippen molar-refractivity contribution in [3.05, 3.63) is 0 Å². The lowest BCUT2D eigenvalue weighted by atomic mass is 9.41. The van der Waals surface area contributed by atoms with Gasteiger partial charge < -0.3 is 120 Å². The number of hydrogen-bond acceptors (Lipinski definition) is 24. The van der Waals surface area contributed by atoms with E-state index in [0.29, 0.717) is 38.5 Å². The molecule has 5 saturated carbocycles. The van der Waals surface area contributed by atoms with Crippen LogP contribution in [0.25, 0.3) is 0 Å². The fraction of sp³-hybridized carbons (Fsp3) is 1.00. The van der Waals surface area contributed by atoms with Crippen molar-refractivity contribution in [2.24, 2.45) is 50.7 Å². The summed E-state index contributed by atoms with van der Waals surface area (Å²) in [5.74, 6) is -1.05. The van der Waals surface area contributed by atoms with Crippen LogP contribution in [0, 0.1) is 50.7 Å². The predicted octanol–water partition coefficient (Wildman–Crippen LogP) is -3.79. The maximum atomic E-state index is 11.9. The summed E-state index contributed by atoms with van der Waals surface area (Å²) in [6.45, 7) is 11.5.